The van der Waals surface area contributed by atoms with Crippen molar-refractivity contribution >= 4 is 23.9 Å². The molecule has 1 aliphatic rings. The molecule has 0 aliphatic carbocycles. The monoisotopic (exact) mass is 363 g/mol. The Hall–Kier alpha value is -3.41. The van der Waals surface area contributed by atoms with Crippen LogP contribution in [0.15, 0.2) is 48.6 Å². The topological polar surface area (TPSA) is 71.4 Å². The van der Waals surface area contributed by atoms with E-state index in [2.05, 4.69) is 16.5 Å². The predicted molar refractivity (Wildman–Crippen MR) is 103 cm³/mol. The van der Waals surface area contributed by atoms with Crippen LogP contribution in [0.1, 0.15) is 22.5 Å². The van der Waals surface area contributed by atoms with Gasteiger partial charge in [0, 0.05) is 23.6 Å². The lowest BCUT2D eigenvalue weighted by atomic mass is 10.1. The maximum atomic E-state index is 12.6. The maximum absolute atomic E-state index is 12.6. The summed E-state index contributed by atoms with van der Waals surface area (Å²) in [5.41, 5.74) is 4.73. The van der Waals surface area contributed by atoms with Gasteiger partial charge in [0.2, 0.25) is 0 Å². The van der Waals surface area contributed by atoms with Gasteiger partial charge >= 0.3 is 6.03 Å². The Morgan fingerprint density at radius 2 is 1.74 bits per heavy atom. The average molecular weight is 363 g/mol. The molecule has 2 aromatic rings. The van der Waals surface area contributed by atoms with Crippen molar-refractivity contribution in [3.63, 3.8) is 0 Å². The Balaban J connectivity index is 2.04. The van der Waals surface area contributed by atoms with E-state index in [0.29, 0.717) is 0 Å². The first-order chi connectivity index (χ1) is 12.8. The third kappa shape index (κ3) is 3.33. The van der Waals surface area contributed by atoms with Crippen LogP contribution in [-0.4, -0.2) is 33.9 Å². The van der Waals surface area contributed by atoms with Crippen molar-refractivity contribution in [3.05, 3.63) is 71.1 Å². The first-order valence-electron chi connectivity index (χ1n) is 8.59. The Morgan fingerprint density at radius 1 is 1.07 bits per heavy atom. The third-order valence-electron chi connectivity index (χ3n) is 4.56. The number of hydrogen-bond donors (Lipinski definition) is 1. The number of imide groups is 2. The summed E-state index contributed by atoms with van der Waals surface area (Å²) >= 11 is 0. The zero-order chi connectivity index (χ0) is 19.7. The lowest BCUT2D eigenvalue weighted by Crippen LogP contribution is -2.54. The molecule has 4 amide bonds. The Bertz CT molecular complexity index is 981. The molecule has 27 heavy (non-hydrogen) atoms. The number of nitrogens with zero attached hydrogens (tertiary/aromatic N) is 2. The minimum absolute atomic E-state index is 0.0394. The van der Waals surface area contributed by atoms with Crippen molar-refractivity contribution < 1.29 is 14.4 Å². The summed E-state index contributed by atoms with van der Waals surface area (Å²) in [7, 11) is 0. The zero-order valence-electron chi connectivity index (χ0n) is 15.6. The van der Waals surface area contributed by atoms with Gasteiger partial charge in [0.15, 0.2) is 0 Å². The molecule has 1 N–H and O–H groups in total. The number of aryl methyl sites for hydroxylation is 2. The lowest BCUT2D eigenvalue weighted by Gasteiger charge is -2.25. The SMILES string of the molecule is C=CCN1C(=O)NC(=O)/C(=C/c2cc(C)n(-c3ccc(C)cc3)c2C)C1=O. The van der Waals surface area contributed by atoms with Crippen molar-refractivity contribution in [2.45, 2.75) is 20.8 Å². The molecule has 1 saturated heterocycles. The Labute approximate surface area is 157 Å². The molecule has 1 aromatic carbocycles. The van der Waals surface area contributed by atoms with Crippen molar-refractivity contribution in [2.24, 2.45) is 0 Å². The number of carbonyl (C=O) groups excluding carboxylic acids is 3. The highest BCUT2D eigenvalue weighted by molar-refractivity contribution is 6.31. The predicted octanol–water partition coefficient (Wildman–Crippen LogP) is 3.05. The molecule has 6 heteroatoms. The molecule has 0 radical (unpaired) electrons. The molecule has 1 aromatic heterocycles. The van der Waals surface area contributed by atoms with Gasteiger partial charge in [-0.05, 0) is 50.6 Å². The van der Waals surface area contributed by atoms with Crippen LogP contribution in [-0.2, 0) is 9.59 Å². The van der Waals surface area contributed by atoms with Crippen molar-refractivity contribution in [2.75, 3.05) is 6.54 Å². The van der Waals surface area contributed by atoms with Crippen molar-refractivity contribution in [1.29, 1.82) is 0 Å². The number of carbonyl (C=O) groups is 3. The molecule has 0 unspecified atom stereocenters. The van der Waals surface area contributed by atoms with Gasteiger partial charge in [0.05, 0.1) is 0 Å². The fourth-order valence-corrected chi connectivity index (χ4v) is 3.17. The van der Waals surface area contributed by atoms with Crippen LogP contribution in [0.5, 0.6) is 0 Å². The molecule has 0 saturated carbocycles. The second kappa shape index (κ2) is 7.07. The van der Waals surface area contributed by atoms with E-state index in [0.717, 1.165) is 27.5 Å². The van der Waals surface area contributed by atoms with Crippen molar-refractivity contribution in [1.82, 2.24) is 14.8 Å². The van der Waals surface area contributed by atoms with Gasteiger partial charge in [-0.25, -0.2) is 4.79 Å². The maximum Gasteiger partial charge on any atom is 0.331 e. The number of barbiturate groups is 1. The zero-order valence-corrected chi connectivity index (χ0v) is 15.6. The highest BCUT2D eigenvalue weighted by Crippen LogP contribution is 2.24. The fourth-order valence-electron chi connectivity index (χ4n) is 3.17. The van der Waals surface area contributed by atoms with E-state index in [1.165, 1.54) is 17.7 Å². The van der Waals surface area contributed by atoms with E-state index in [1.54, 1.807) is 0 Å². The molecule has 1 fully saturated rings. The molecule has 1 aliphatic heterocycles. The second-order valence-corrected chi connectivity index (χ2v) is 6.52. The fraction of sp³-hybridized carbons (Fsp3) is 0.190. The van der Waals surface area contributed by atoms with Gasteiger partial charge in [-0.3, -0.25) is 19.8 Å². The van der Waals surface area contributed by atoms with Gasteiger partial charge in [-0.15, -0.1) is 6.58 Å². The van der Waals surface area contributed by atoms with Crippen LogP contribution in [0.25, 0.3) is 11.8 Å². The van der Waals surface area contributed by atoms with Gasteiger partial charge in [0.1, 0.15) is 5.57 Å². The van der Waals surface area contributed by atoms with Gasteiger partial charge in [0.25, 0.3) is 11.8 Å². The number of aromatic nitrogens is 1. The summed E-state index contributed by atoms with van der Waals surface area (Å²) < 4.78 is 2.06. The molecule has 2 heterocycles. The highest BCUT2D eigenvalue weighted by Gasteiger charge is 2.35. The summed E-state index contributed by atoms with van der Waals surface area (Å²) in [6.07, 6.45) is 2.97. The smallest absolute Gasteiger partial charge is 0.318 e. The molecule has 0 spiro atoms. The molecular formula is C21H21N3O3. The lowest BCUT2D eigenvalue weighted by molar-refractivity contribution is -0.129. The Kier molecular flexibility index (Phi) is 4.81. The molecule has 6 nitrogen and oxygen atoms in total. The van der Waals surface area contributed by atoms with Crippen molar-refractivity contribution in [3.8, 4) is 5.69 Å². The summed E-state index contributed by atoms with van der Waals surface area (Å²) in [5, 5.41) is 2.20. The average Bonchev–Trinajstić information content (AvgIpc) is 2.90. The summed E-state index contributed by atoms with van der Waals surface area (Å²) in [4.78, 5) is 37.6. The minimum atomic E-state index is -0.729. The van der Waals surface area contributed by atoms with E-state index >= 15 is 0 Å². The standard InChI is InChI=1S/C21H21N3O3/c1-5-10-23-20(26)18(19(25)22-21(23)27)12-16-11-14(3)24(15(16)4)17-8-6-13(2)7-9-17/h5-9,11-12H,1,10H2,2-4H3,(H,22,25,27)/b18-12-. The van der Waals surface area contributed by atoms with E-state index in [4.69, 9.17) is 0 Å². The van der Waals surface area contributed by atoms with Gasteiger partial charge in [-0.2, -0.15) is 0 Å². The number of benzene rings is 1. The number of rotatable bonds is 4. The van der Waals surface area contributed by atoms with Gasteiger partial charge < -0.3 is 4.57 Å². The van der Waals surface area contributed by atoms with E-state index < -0.39 is 17.8 Å². The first-order valence-corrected chi connectivity index (χ1v) is 8.59. The van der Waals surface area contributed by atoms with Crippen LogP contribution in [0.2, 0.25) is 0 Å². The molecule has 0 atom stereocenters. The summed E-state index contributed by atoms with van der Waals surface area (Å²) in [5.74, 6) is -1.31. The third-order valence-corrected chi connectivity index (χ3v) is 4.56. The second-order valence-electron chi connectivity index (χ2n) is 6.52. The molecular weight excluding hydrogens is 342 g/mol. The largest absolute Gasteiger partial charge is 0.331 e. The number of urea groups is 1. The number of nitrogens with one attached hydrogen (secondary N) is 1. The first kappa shape index (κ1) is 18.4. The number of amides is 4. The van der Waals surface area contributed by atoms with E-state index in [-0.39, 0.29) is 12.1 Å². The van der Waals surface area contributed by atoms with Crippen LogP contribution in [0.3, 0.4) is 0 Å². The summed E-state index contributed by atoms with van der Waals surface area (Å²) in [6.45, 7) is 9.50. The van der Waals surface area contributed by atoms with Crippen LogP contribution < -0.4 is 5.32 Å². The minimum Gasteiger partial charge on any atom is -0.318 e. The van der Waals surface area contributed by atoms with Crippen LogP contribution in [0, 0.1) is 20.8 Å². The van der Waals surface area contributed by atoms with Crippen LogP contribution in [0.4, 0.5) is 4.79 Å². The quantitative estimate of drug-likeness (QED) is 0.516. The molecule has 3 rings (SSSR count). The van der Waals surface area contributed by atoms with E-state index in [1.807, 2.05) is 51.1 Å². The molecule has 0 bridgehead atoms. The summed E-state index contributed by atoms with van der Waals surface area (Å²) in [6, 6.07) is 9.29. The molecule has 138 valence electrons. The number of hydrogen-bond acceptors (Lipinski definition) is 3. The Morgan fingerprint density at radius 3 is 2.37 bits per heavy atom. The van der Waals surface area contributed by atoms with Gasteiger partial charge in [-0.1, -0.05) is 23.8 Å². The highest BCUT2D eigenvalue weighted by atomic mass is 16.2. The normalized spacial score (nSPS) is 16.0. The van der Waals surface area contributed by atoms with Crippen LogP contribution >= 0.6 is 0 Å². The van der Waals surface area contributed by atoms with E-state index in [9.17, 15) is 14.4 Å².